The van der Waals surface area contributed by atoms with Gasteiger partial charge in [-0.3, -0.25) is 0 Å². The zero-order chi connectivity index (χ0) is 92.1. The highest BCUT2D eigenvalue weighted by atomic mass is 16.3. The molecule has 0 radical (unpaired) electrons. The third-order valence-corrected chi connectivity index (χ3v) is 29.8. The molecule has 4 aromatic heterocycles. The molecule has 6 nitrogen and oxygen atoms in total. The lowest BCUT2D eigenvalue weighted by atomic mass is 9.68. The molecule has 0 amide bonds. The summed E-state index contributed by atoms with van der Waals surface area (Å²) in [5.41, 5.74) is 42.2. The zero-order valence-electron chi connectivity index (χ0n) is 76.1. The van der Waals surface area contributed by atoms with Crippen molar-refractivity contribution >= 4 is 122 Å². The van der Waals surface area contributed by atoms with E-state index in [2.05, 4.69) is 506 Å². The van der Waals surface area contributed by atoms with E-state index in [-0.39, 0.29) is 0 Å². The van der Waals surface area contributed by atoms with Crippen LogP contribution < -0.4 is 9.80 Å². The molecule has 140 heavy (non-hydrogen) atoms. The van der Waals surface area contributed by atoms with E-state index in [0.29, 0.717) is 0 Å². The minimum absolute atomic E-state index is 0.518. The van der Waals surface area contributed by atoms with Gasteiger partial charge in [0.25, 0.3) is 0 Å². The summed E-state index contributed by atoms with van der Waals surface area (Å²) in [7, 11) is 0. The molecule has 0 N–H and O–H groups in total. The maximum Gasteiger partial charge on any atom is 0.136 e. The number of furan rings is 3. The average Bonchev–Trinajstić information content (AvgIpc) is 1.53. The second-order valence-electron chi connectivity index (χ2n) is 37.2. The van der Waals surface area contributed by atoms with Crippen LogP contribution in [-0.2, 0) is 10.8 Å². The second-order valence-corrected chi connectivity index (χ2v) is 37.2. The van der Waals surface area contributed by atoms with Crippen molar-refractivity contribution in [1.82, 2.24) is 4.57 Å². The lowest BCUT2D eigenvalue weighted by Gasteiger charge is -2.34. The van der Waals surface area contributed by atoms with Gasteiger partial charge in [0.2, 0.25) is 0 Å². The predicted molar refractivity (Wildman–Crippen MR) is 579 cm³/mol. The standard InChI is InChI=1S/C134H85N3O3/c1-5-26-98(27-6-1)133(99-28-7-2-8-29-99)121-39-18-13-34-109(121)117-84-107(69-74-123(117)133)135(104-63-50-89(51-64-104)95-54-71-114-112-37-16-21-42-127(112)139-130(114)81-95)102-59-44-86(45-60-102)87-46-67-106(68-47-87)137-125-41-20-15-36-111(125)119-79-93(57-76-126(119)137)97-56-73-116-115-72-55-96(82-131(115)140-132(116)83-97)90-52-65-105(66-53-90)136(103-61-48-88(49-62-103)91-24-23-25-92(78-91)94-58-77-129-120(80-94)113-38-17-22-43-128(113)138-129)108-70-75-124-118(85-108)110-35-14-19-40-122(110)134(124,100-30-9-3-10-31-100)101-32-11-4-12-33-101/h1-85H. The predicted octanol–water partition coefficient (Wildman–Crippen LogP) is 36.1. The number of benzene rings is 22. The highest BCUT2D eigenvalue weighted by Gasteiger charge is 2.48. The van der Waals surface area contributed by atoms with Gasteiger partial charge in [-0.1, -0.05) is 346 Å². The summed E-state index contributed by atoms with van der Waals surface area (Å²) >= 11 is 0. The van der Waals surface area contributed by atoms with Gasteiger partial charge in [-0.2, -0.15) is 0 Å². The smallest absolute Gasteiger partial charge is 0.136 e. The molecule has 0 unspecified atom stereocenters. The number of hydrogen-bond donors (Lipinski definition) is 0. The van der Waals surface area contributed by atoms with Gasteiger partial charge in [0.1, 0.15) is 33.5 Å². The molecule has 0 saturated carbocycles. The molecule has 2 aliphatic rings. The first kappa shape index (κ1) is 80.1. The first-order valence-corrected chi connectivity index (χ1v) is 48.1. The Morgan fingerprint density at radius 2 is 0.450 bits per heavy atom. The Kier molecular flexibility index (Phi) is 18.4. The van der Waals surface area contributed by atoms with Crippen LogP contribution in [0.25, 0.3) is 182 Å². The Morgan fingerprint density at radius 1 is 0.157 bits per heavy atom. The number of para-hydroxylation sites is 3. The van der Waals surface area contributed by atoms with Crippen LogP contribution in [0.1, 0.15) is 44.5 Å². The fraction of sp³-hybridized carbons (Fsp3) is 0.0149. The molecule has 4 heterocycles. The first-order chi connectivity index (χ1) is 69.3. The van der Waals surface area contributed by atoms with Crippen molar-refractivity contribution in [1.29, 1.82) is 0 Å². The molecule has 26 aromatic rings. The quantitative estimate of drug-likeness (QED) is 0.0909. The lowest BCUT2D eigenvalue weighted by molar-refractivity contribution is 0.668. The fourth-order valence-electron chi connectivity index (χ4n) is 23.3. The third kappa shape index (κ3) is 12.7. The fourth-order valence-corrected chi connectivity index (χ4v) is 23.3. The summed E-state index contributed by atoms with van der Waals surface area (Å²) in [4.78, 5) is 4.82. The van der Waals surface area contributed by atoms with E-state index in [0.717, 1.165) is 183 Å². The van der Waals surface area contributed by atoms with Crippen molar-refractivity contribution in [3.8, 4) is 94.7 Å². The van der Waals surface area contributed by atoms with E-state index in [1.807, 2.05) is 24.3 Å². The van der Waals surface area contributed by atoms with Gasteiger partial charge in [-0.25, -0.2) is 0 Å². The molecule has 0 saturated heterocycles. The van der Waals surface area contributed by atoms with Crippen LogP contribution in [-0.4, -0.2) is 4.57 Å². The molecule has 28 rings (SSSR count). The van der Waals surface area contributed by atoms with Crippen LogP contribution in [0, 0.1) is 0 Å². The van der Waals surface area contributed by atoms with Crippen LogP contribution in [0.15, 0.2) is 529 Å². The largest absolute Gasteiger partial charge is 0.456 e. The molecule has 0 fully saturated rings. The average molecular weight is 1790 g/mol. The number of aromatic nitrogens is 1. The molecule has 6 heteroatoms. The van der Waals surface area contributed by atoms with E-state index in [9.17, 15) is 0 Å². The normalized spacial score (nSPS) is 12.8. The molecular weight excluding hydrogens is 1700 g/mol. The Balaban J connectivity index is 0.478. The van der Waals surface area contributed by atoms with Gasteiger partial charge < -0.3 is 27.6 Å². The molecule has 22 aromatic carbocycles. The lowest BCUT2D eigenvalue weighted by Crippen LogP contribution is -2.28. The van der Waals surface area contributed by atoms with Gasteiger partial charge in [0.15, 0.2) is 0 Å². The third-order valence-electron chi connectivity index (χ3n) is 29.8. The SMILES string of the molecule is c1ccc(C2(c3ccccc3)c3ccccc3-c3cc(N(c4ccc(-c5ccc(-n6c7ccccc7c7cc(-c8ccc9c(c8)oc8cc(-c%10ccc(N(c%11ccc(-c%12cccc(-c%13ccc%14oc%15ccccc%15c%14c%13)c%12)cc%11)c%11ccc%12c(c%11)-c%11ccccc%11C%12(c%11ccccc%11)c%11ccccc%11)cc%10)ccc89)ccc76)cc5)cc4)c4ccc(-c5ccc6c(c5)oc5ccccc56)cc4)ccc32)cc1. The van der Waals surface area contributed by atoms with Gasteiger partial charge in [-0.15, -0.1) is 0 Å². The Bertz CT molecular complexity index is 9320. The Morgan fingerprint density at radius 3 is 0.914 bits per heavy atom. The molecular formula is C134H85N3O3. The van der Waals surface area contributed by atoms with Crippen molar-refractivity contribution < 1.29 is 13.3 Å². The van der Waals surface area contributed by atoms with E-state index < -0.39 is 10.8 Å². The molecule has 2 aliphatic carbocycles. The van der Waals surface area contributed by atoms with Crippen molar-refractivity contribution in [3.05, 3.63) is 560 Å². The van der Waals surface area contributed by atoms with Crippen LogP contribution >= 0.6 is 0 Å². The Labute approximate surface area is 809 Å². The number of nitrogens with zero attached hydrogens (tertiary/aromatic N) is 3. The zero-order valence-corrected chi connectivity index (χ0v) is 76.1. The topological polar surface area (TPSA) is 50.8 Å². The van der Waals surface area contributed by atoms with E-state index in [4.69, 9.17) is 13.3 Å². The van der Waals surface area contributed by atoms with Crippen LogP contribution in [0.2, 0.25) is 0 Å². The number of hydrogen-bond acceptors (Lipinski definition) is 5. The van der Waals surface area contributed by atoms with Gasteiger partial charge in [-0.05, 0) is 303 Å². The molecule has 0 bridgehead atoms. The second kappa shape index (κ2) is 32.2. The minimum atomic E-state index is -0.528. The molecule has 654 valence electrons. The molecule has 0 aliphatic heterocycles. The summed E-state index contributed by atoms with van der Waals surface area (Å²) < 4.78 is 22.0. The van der Waals surface area contributed by atoms with Crippen molar-refractivity contribution in [2.75, 3.05) is 9.80 Å². The summed E-state index contributed by atoms with van der Waals surface area (Å²) in [5, 5.41) is 9.01. The maximum absolute atomic E-state index is 6.96. The van der Waals surface area contributed by atoms with Gasteiger partial charge in [0, 0.05) is 82.9 Å². The van der Waals surface area contributed by atoms with Crippen LogP contribution in [0.5, 0.6) is 0 Å². The maximum atomic E-state index is 6.96. The number of fused-ring (bicyclic) bond motifs is 18. The van der Waals surface area contributed by atoms with Gasteiger partial charge in [0.05, 0.1) is 21.9 Å². The monoisotopic (exact) mass is 1780 g/mol. The summed E-state index contributed by atoms with van der Waals surface area (Å²) in [5.74, 6) is 0. The van der Waals surface area contributed by atoms with E-state index in [1.54, 1.807) is 0 Å². The molecule has 0 spiro atoms. The summed E-state index contributed by atoms with van der Waals surface area (Å²) in [6, 6.07) is 189. The highest BCUT2D eigenvalue weighted by Crippen LogP contribution is 2.60. The van der Waals surface area contributed by atoms with Crippen molar-refractivity contribution in [3.63, 3.8) is 0 Å². The number of anilines is 6. The highest BCUT2D eigenvalue weighted by molar-refractivity contribution is 6.13. The first-order valence-electron chi connectivity index (χ1n) is 48.1. The van der Waals surface area contributed by atoms with Crippen LogP contribution in [0.4, 0.5) is 34.1 Å². The van der Waals surface area contributed by atoms with Gasteiger partial charge >= 0.3 is 0 Å². The summed E-state index contributed by atoms with van der Waals surface area (Å²) in [6.07, 6.45) is 0. The molecule has 0 atom stereocenters. The van der Waals surface area contributed by atoms with Crippen molar-refractivity contribution in [2.24, 2.45) is 0 Å². The summed E-state index contributed by atoms with van der Waals surface area (Å²) in [6.45, 7) is 0. The number of rotatable bonds is 17. The van der Waals surface area contributed by atoms with E-state index in [1.165, 1.54) is 77.5 Å². The minimum Gasteiger partial charge on any atom is -0.456 e. The van der Waals surface area contributed by atoms with E-state index >= 15 is 0 Å². The van der Waals surface area contributed by atoms with Crippen LogP contribution in [0.3, 0.4) is 0 Å². The Hall–Kier alpha value is -18.4. The van der Waals surface area contributed by atoms with Crippen molar-refractivity contribution in [2.45, 2.75) is 10.8 Å².